The number of aliphatic hydroxyl groups excluding tert-OH is 1. The minimum absolute atomic E-state index is 0.0791. The minimum atomic E-state index is -1.34. The Labute approximate surface area is 339 Å². The largest absolute Gasteiger partial charge is 0.394 e. The number of aromatic nitrogens is 2. The van der Waals surface area contributed by atoms with Gasteiger partial charge < -0.3 is 63.6 Å². The fourth-order valence-corrected chi connectivity index (χ4v) is 5.65. The van der Waals surface area contributed by atoms with E-state index >= 15 is 0 Å². The molecule has 1 heterocycles. The molecule has 13 N–H and O–H groups in total. The number of hydrogen-bond acceptors (Lipinski definition) is 11. The number of nitrogens with zero attached hydrogens (tertiary/aromatic N) is 2. The molecule has 7 amide bonds. The molecule has 0 saturated heterocycles. The van der Waals surface area contributed by atoms with Gasteiger partial charge in [0.1, 0.15) is 42.5 Å². The Morgan fingerprint density at radius 1 is 0.741 bits per heavy atom. The van der Waals surface area contributed by atoms with Gasteiger partial charge in [-0.2, -0.15) is 0 Å². The van der Waals surface area contributed by atoms with E-state index in [9.17, 15) is 43.5 Å². The highest BCUT2D eigenvalue weighted by Crippen LogP contribution is 2.12. The van der Waals surface area contributed by atoms with Crippen molar-refractivity contribution in [3.63, 3.8) is 0 Å². The van der Waals surface area contributed by atoms with Gasteiger partial charge in [-0.15, -0.1) is 0 Å². The first-order chi connectivity index (χ1) is 27.2. The maximum Gasteiger partial charge on any atom is 0.245 e. The Hall–Kier alpha value is -5.60. The summed E-state index contributed by atoms with van der Waals surface area (Å²) in [6.07, 6.45) is 4.33. The van der Waals surface area contributed by atoms with E-state index in [0.29, 0.717) is 18.4 Å². The number of hydrogen-bond donors (Lipinski definition) is 11. The molecule has 0 fully saturated rings. The monoisotopic (exact) mass is 820 g/mol. The molecule has 7 atom stereocenters. The van der Waals surface area contributed by atoms with Crippen LogP contribution < -0.4 is 48.7 Å². The van der Waals surface area contributed by atoms with Gasteiger partial charge in [-0.25, -0.2) is 4.98 Å². The van der Waals surface area contributed by atoms with Crippen LogP contribution in [0.25, 0.3) is 0 Å². The lowest BCUT2D eigenvalue weighted by atomic mass is 9.98. The standard InChI is InChI=1S/C37H64N12O9/c1-19(2)12-26(32(54)43-22(7)31(53)45-24(16-50)10-9-11-41-37(38)39)46-33(55)27(13-20(3)4)48-36(58)30(21(5)6)49-34(56)28(14-25-15-40-18-42-25)47-35(57)29(17-51)44-23(8)52/h15-16,18-22,24,26-30,51H,9-14,17H2,1-8H3,(H,40,42)(H,43,54)(H,44,52)(H,45,53)(H,46,55)(H,47,57)(H,48,58)(H,49,56)(H4,38,39,41)/t22-,24-,26-,27-,28-,29-,30-/m0/s1. The van der Waals surface area contributed by atoms with E-state index in [1.807, 2.05) is 27.7 Å². The SMILES string of the molecule is CC(=O)N[C@@H](CO)C(=O)N[C@@H](Cc1cnc[nH]1)C(=O)N[C@H](C(=O)N[C@@H](CC(C)C)C(=O)N[C@@H](CC(C)C)C(=O)N[C@@H](C)C(=O)N[C@H](C=O)CCCN=C(N)N)C(C)C. The van der Waals surface area contributed by atoms with Crippen molar-refractivity contribution in [3.8, 4) is 0 Å². The van der Waals surface area contributed by atoms with Gasteiger partial charge in [-0.05, 0) is 50.4 Å². The molecular weight excluding hydrogens is 756 g/mol. The highest BCUT2D eigenvalue weighted by atomic mass is 16.3. The highest BCUT2D eigenvalue weighted by Gasteiger charge is 2.34. The first-order valence-corrected chi connectivity index (χ1v) is 19.4. The van der Waals surface area contributed by atoms with E-state index in [2.05, 4.69) is 52.2 Å². The molecular formula is C37H64N12O9. The molecule has 0 saturated carbocycles. The lowest BCUT2D eigenvalue weighted by Crippen LogP contribution is -2.61. The van der Waals surface area contributed by atoms with Crippen LogP contribution in [0.5, 0.6) is 0 Å². The van der Waals surface area contributed by atoms with Crippen LogP contribution in [0.3, 0.4) is 0 Å². The zero-order valence-electron chi connectivity index (χ0n) is 34.7. The molecule has 21 heteroatoms. The molecule has 0 aliphatic carbocycles. The summed E-state index contributed by atoms with van der Waals surface area (Å²) in [6, 6.07) is -8.00. The van der Waals surface area contributed by atoms with E-state index in [1.54, 1.807) is 13.8 Å². The van der Waals surface area contributed by atoms with Crippen LogP contribution in [0.15, 0.2) is 17.5 Å². The Bertz CT molecular complexity index is 1550. The summed E-state index contributed by atoms with van der Waals surface area (Å²) in [5.41, 5.74) is 11.1. The number of aldehydes is 1. The van der Waals surface area contributed by atoms with Crippen molar-refractivity contribution in [2.75, 3.05) is 13.2 Å². The van der Waals surface area contributed by atoms with Gasteiger partial charge in [0.2, 0.25) is 41.4 Å². The molecule has 58 heavy (non-hydrogen) atoms. The first kappa shape index (κ1) is 50.4. The number of imidazole rings is 1. The van der Waals surface area contributed by atoms with Crippen LogP contribution in [0.1, 0.15) is 86.8 Å². The second kappa shape index (κ2) is 25.6. The van der Waals surface area contributed by atoms with Crippen molar-refractivity contribution in [1.82, 2.24) is 47.2 Å². The minimum Gasteiger partial charge on any atom is -0.394 e. The lowest BCUT2D eigenvalue weighted by Gasteiger charge is -2.29. The zero-order chi connectivity index (χ0) is 44.1. The van der Waals surface area contributed by atoms with Crippen LogP contribution in [0, 0.1) is 17.8 Å². The first-order valence-electron chi connectivity index (χ1n) is 19.4. The van der Waals surface area contributed by atoms with Gasteiger partial charge in [-0.1, -0.05) is 41.5 Å². The number of aliphatic imine (C=N–C) groups is 1. The lowest BCUT2D eigenvalue weighted by molar-refractivity contribution is -0.136. The van der Waals surface area contributed by atoms with Gasteiger partial charge in [0, 0.05) is 31.8 Å². The fraction of sp³-hybridized carbons (Fsp3) is 0.676. The van der Waals surface area contributed by atoms with Gasteiger partial charge >= 0.3 is 0 Å². The molecule has 1 rings (SSSR count). The molecule has 1 aromatic heterocycles. The van der Waals surface area contributed by atoms with Crippen LogP contribution >= 0.6 is 0 Å². The summed E-state index contributed by atoms with van der Waals surface area (Å²) < 4.78 is 0. The predicted octanol–water partition coefficient (Wildman–Crippen LogP) is -2.62. The molecule has 0 radical (unpaired) electrons. The summed E-state index contributed by atoms with van der Waals surface area (Å²) in [6.45, 7) is 12.8. The van der Waals surface area contributed by atoms with Crippen molar-refractivity contribution in [2.45, 2.75) is 130 Å². The second-order valence-electron chi connectivity index (χ2n) is 15.3. The number of H-pyrrole nitrogens is 1. The highest BCUT2D eigenvalue weighted by molar-refractivity contribution is 5.97. The zero-order valence-corrected chi connectivity index (χ0v) is 34.7. The summed E-state index contributed by atoms with van der Waals surface area (Å²) in [7, 11) is 0. The molecule has 0 unspecified atom stereocenters. The molecule has 0 bridgehead atoms. The average Bonchev–Trinajstić information content (AvgIpc) is 3.65. The van der Waals surface area contributed by atoms with E-state index in [0.717, 1.165) is 0 Å². The molecule has 21 nitrogen and oxygen atoms in total. The second-order valence-corrected chi connectivity index (χ2v) is 15.3. The number of aliphatic hydroxyl groups is 1. The van der Waals surface area contributed by atoms with Gasteiger partial charge in [-0.3, -0.25) is 38.6 Å². The predicted molar refractivity (Wildman–Crippen MR) is 214 cm³/mol. The number of nitrogens with two attached hydrogens (primary N) is 2. The van der Waals surface area contributed by atoms with Crippen molar-refractivity contribution in [2.24, 2.45) is 34.2 Å². The van der Waals surface area contributed by atoms with Gasteiger partial charge in [0.15, 0.2) is 5.96 Å². The molecule has 1 aromatic rings. The van der Waals surface area contributed by atoms with Crippen LogP contribution in [0.2, 0.25) is 0 Å². The van der Waals surface area contributed by atoms with Crippen LogP contribution in [0.4, 0.5) is 0 Å². The maximum absolute atomic E-state index is 13.8. The Morgan fingerprint density at radius 2 is 1.28 bits per heavy atom. The third-order valence-electron chi connectivity index (χ3n) is 8.63. The normalized spacial score (nSPS) is 14.8. The van der Waals surface area contributed by atoms with E-state index < -0.39 is 96.2 Å². The third-order valence-corrected chi connectivity index (χ3v) is 8.63. The van der Waals surface area contributed by atoms with Crippen molar-refractivity contribution >= 4 is 53.6 Å². The van der Waals surface area contributed by atoms with Crippen molar-refractivity contribution < 1.29 is 43.5 Å². The van der Waals surface area contributed by atoms with Crippen LogP contribution in [-0.4, -0.2) is 124 Å². The topological polar surface area (TPSA) is 334 Å². The smallest absolute Gasteiger partial charge is 0.245 e. The number of amides is 7. The number of carbonyl (C=O) groups is 8. The maximum atomic E-state index is 13.8. The number of nitrogens with one attached hydrogen (secondary N) is 8. The Balaban J connectivity index is 3.17. The Kier molecular flexibility index (Phi) is 22.3. The van der Waals surface area contributed by atoms with Crippen LogP contribution in [-0.2, 0) is 44.8 Å². The van der Waals surface area contributed by atoms with E-state index in [4.69, 9.17) is 11.5 Å². The average molecular weight is 821 g/mol. The molecule has 0 aromatic carbocycles. The summed E-state index contributed by atoms with van der Waals surface area (Å²) in [5.74, 6) is -5.63. The molecule has 326 valence electrons. The summed E-state index contributed by atoms with van der Waals surface area (Å²) in [4.78, 5) is 114. The molecule has 0 spiro atoms. The summed E-state index contributed by atoms with van der Waals surface area (Å²) in [5, 5.41) is 27.8. The van der Waals surface area contributed by atoms with Gasteiger partial charge in [0.25, 0.3) is 0 Å². The number of rotatable bonds is 26. The third kappa shape index (κ3) is 19.0. The quantitative estimate of drug-likeness (QED) is 0.0198. The Morgan fingerprint density at radius 3 is 1.76 bits per heavy atom. The van der Waals surface area contributed by atoms with Gasteiger partial charge in [0.05, 0.1) is 19.0 Å². The number of carbonyl (C=O) groups excluding carboxylic acids is 8. The fourth-order valence-electron chi connectivity index (χ4n) is 5.65. The summed E-state index contributed by atoms with van der Waals surface area (Å²) >= 11 is 0. The molecule has 0 aliphatic heterocycles. The van der Waals surface area contributed by atoms with E-state index in [1.165, 1.54) is 26.4 Å². The molecule has 0 aliphatic rings. The number of guanidine groups is 1. The van der Waals surface area contributed by atoms with E-state index in [-0.39, 0.29) is 50.0 Å². The van der Waals surface area contributed by atoms with Crippen molar-refractivity contribution in [3.05, 3.63) is 18.2 Å². The van der Waals surface area contributed by atoms with Crippen molar-refractivity contribution in [1.29, 1.82) is 0 Å². The number of aromatic amines is 1.